The Labute approximate surface area is 66.2 Å². The van der Waals surface area contributed by atoms with E-state index < -0.39 is 30.3 Å². The van der Waals surface area contributed by atoms with Crippen molar-refractivity contribution >= 4 is 11.8 Å². The van der Waals surface area contributed by atoms with Gasteiger partial charge in [0.25, 0.3) is 6.43 Å². The summed E-state index contributed by atoms with van der Waals surface area (Å²) in [5.41, 5.74) is 0. The van der Waals surface area contributed by atoms with Gasteiger partial charge in [-0.25, -0.2) is 13.2 Å². The first-order valence-corrected chi connectivity index (χ1v) is 3.03. The van der Waals surface area contributed by atoms with Crippen molar-refractivity contribution in [2.75, 3.05) is 0 Å². The number of carboxylic acid groups (broad SMARTS) is 1. The summed E-state index contributed by atoms with van der Waals surface area (Å²) in [6.45, 7) is 0.758. The van der Waals surface area contributed by atoms with Crippen LogP contribution < -0.4 is 0 Å². The molecule has 2 unspecified atom stereocenters. The lowest BCUT2D eigenvalue weighted by Crippen LogP contribution is -2.35. The van der Waals surface area contributed by atoms with Crippen molar-refractivity contribution in [2.45, 2.75) is 19.5 Å². The van der Waals surface area contributed by atoms with E-state index in [0.717, 1.165) is 6.92 Å². The topological polar surface area (TPSA) is 54.4 Å². The predicted octanol–water partition coefficient (Wildman–Crippen LogP) is 0.879. The highest BCUT2D eigenvalue weighted by Crippen LogP contribution is 2.17. The molecule has 0 bridgehead atoms. The van der Waals surface area contributed by atoms with Crippen LogP contribution in [0.25, 0.3) is 0 Å². The summed E-state index contributed by atoms with van der Waals surface area (Å²) in [6, 6.07) is 0. The predicted molar refractivity (Wildman–Crippen MR) is 32.7 cm³/mol. The van der Waals surface area contributed by atoms with Gasteiger partial charge in [-0.05, 0) is 6.92 Å². The van der Waals surface area contributed by atoms with Gasteiger partial charge in [0.2, 0.25) is 0 Å². The number of hydrogen-bond acceptors (Lipinski definition) is 2. The Morgan fingerprint density at radius 2 is 1.67 bits per heavy atom. The van der Waals surface area contributed by atoms with E-state index in [1.807, 2.05) is 0 Å². The van der Waals surface area contributed by atoms with Crippen molar-refractivity contribution in [1.29, 1.82) is 0 Å². The lowest BCUT2D eigenvalue weighted by molar-refractivity contribution is -0.151. The second-order valence-electron chi connectivity index (χ2n) is 2.21. The molecule has 0 aliphatic heterocycles. The molecular formula is C6H7F3O3. The van der Waals surface area contributed by atoms with Crippen molar-refractivity contribution in [3.05, 3.63) is 0 Å². The van der Waals surface area contributed by atoms with Crippen molar-refractivity contribution < 1.29 is 27.9 Å². The molecule has 0 aromatic heterocycles. The third-order valence-electron chi connectivity index (χ3n) is 1.26. The fourth-order valence-corrected chi connectivity index (χ4v) is 0.680. The quantitative estimate of drug-likeness (QED) is 0.660. The molecule has 0 rings (SSSR count). The number of halogens is 3. The molecule has 2 atom stereocenters. The number of hydrogen-bond donors (Lipinski definition) is 1. The largest absolute Gasteiger partial charge is 0.481 e. The average molecular weight is 184 g/mol. The SMILES string of the molecule is CC(=O)C(C(=O)O)C(F)C(F)F. The second-order valence-corrected chi connectivity index (χ2v) is 2.21. The van der Waals surface area contributed by atoms with E-state index >= 15 is 0 Å². The van der Waals surface area contributed by atoms with Gasteiger partial charge in [-0.3, -0.25) is 9.59 Å². The van der Waals surface area contributed by atoms with Crippen LogP contribution in [0, 0.1) is 5.92 Å². The molecule has 0 fully saturated rings. The van der Waals surface area contributed by atoms with Gasteiger partial charge in [0.15, 0.2) is 12.1 Å². The number of carboxylic acids is 1. The Hall–Kier alpha value is -1.07. The number of ketones is 1. The van der Waals surface area contributed by atoms with Crippen LogP contribution in [0.1, 0.15) is 6.92 Å². The molecule has 6 heteroatoms. The summed E-state index contributed by atoms with van der Waals surface area (Å²) in [7, 11) is 0. The average Bonchev–Trinajstić information content (AvgIpc) is 1.85. The van der Waals surface area contributed by atoms with Gasteiger partial charge in [0, 0.05) is 0 Å². The Bertz CT molecular complexity index is 178. The number of carbonyl (C=O) groups is 2. The molecule has 70 valence electrons. The minimum Gasteiger partial charge on any atom is -0.481 e. The number of rotatable bonds is 4. The zero-order chi connectivity index (χ0) is 9.89. The molecule has 0 aromatic rings. The van der Waals surface area contributed by atoms with Crippen molar-refractivity contribution in [2.24, 2.45) is 5.92 Å². The smallest absolute Gasteiger partial charge is 0.317 e. The van der Waals surface area contributed by atoms with E-state index in [-0.39, 0.29) is 0 Å². The van der Waals surface area contributed by atoms with E-state index in [9.17, 15) is 22.8 Å². The van der Waals surface area contributed by atoms with Crippen molar-refractivity contribution in [3.63, 3.8) is 0 Å². The molecule has 0 saturated carbocycles. The van der Waals surface area contributed by atoms with E-state index in [2.05, 4.69) is 0 Å². The highest BCUT2D eigenvalue weighted by molar-refractivity contribution is 5.97. The Morgan fingerprint density at radius 3 is 1.75 bits per heavy atom. The molecule has 0 saturated heterocycles. The summed E-state index contributed by atoms with van der Waals surface area (Å²) < 4.78 is 35.6. The summed E-state index contributed by atoms with van der Waals surface area (Å²) >= 11 is 0. The Balaban J connectivity index is 4.52. The van der Waals surface area contributed by atoms with Gasteiger partial charge < -0.3 is 5.11 Å². The van der Waals surface area contributed by atoms with Crippen LogP contribution in [-0.2, 0) is 9.59 Å². The first-order chi connectivity index (χ1) is 5.37. The molecule has 0 aliphatic carbocycles. The maximum atomic E-state index is 12.3. The third kappa shape index (κ3) is 2.52. The highest BCUT2D eigenvalue weighted by Gasteiger charge is 2.38. The van der Waals surface area contributed by atoms with Crippen LogP contribution in [0.15, 0.2) is 0 Å². The molecule has 1 N–H and O–H groups in total. The number of carbonyl (C=O) groups excluding carboxylic acids is 1. The summed E-state index contributed by atoms with van der Waals surface area (Å²) in [5.74, 6) is -5.24. The highest BCUT2D eigenvalue weighted by atomic mass is 19.3. The number of alkyl halides is 3. The van der Waals surface area contributed by atoms with Crippen molar-refractivity contribution in [1.82, 2.24) is 0 Å². The minimum atomic E-state index is -3.45. The molecule has 0 heterocycles. The summed E-state index contributed by atoms with van der Waals surface area (Å²) in [6.07, 6.45) is -6.38. The lowest BCUT2D eigenvalue weighted by atomic mass is 10.0. The van der Waals surface area contributed by atoms with E-state index in [0.29, 0.717) is 0 Å². The van der Waals surface area contributed by atoms with Gasteiger partial charge in [-0.1, -0.05) is 0 Å². The minimum absolute atomic E-state index is 0.758. The van der Waals surface area contributed by atoms with Crippen molar-refractivity contribution in [3.8, 4) is 0 Å². The first-order valence-electron chi connectivity index (χ1n) is 3.03. The van der Waals surface area contributed by atoms with Crippen LogP contribution in [0.5, 0.6) is 0 Å². The van der Waals surface area contributed by atoms with Gasteiger partial charge in [-0.15, -0.1) is 0 Å². The molecule has 0 amide bonds. The maximum Gasteiger partial charge on any atom is 0.317 e. The molecule has 3 nitrogen and oxygen atoms in total. The molecule has 0 aromatic carbocycles. The Morgan fingerprint density at radius 1 is 1.25 bits per heavy atom. The fraction of sp³-hybridized carbons (Fsp3) is 0.667. The normalized spacial score (nSPS) is 15.8. The molecule has 0 spiro atoms. The van der Waals surface area contributed by atoms with Crippen LogP contribution in [0.3, 0.4) is 0 Å². The van der Waals surface area contributed by atoms with E-state index in [1.165, 1.54) is 0 Å². The van der Waals surface area contributed by atoms with Crippen LogP contribution in [0.2, 0.25) is 0 Å². The van der Waals surface area contributed by atoms with Gasteiger partial charge >= 0.3 is 5.97 Å². The molecule has 0 radical (unpaired) electrons. The summed E-state index contributed by atoms with van der Waals surface area (Å²) in [5, 5.41) is 8.17. The van der Waals surface area contributed by atoms with Gasteiger partial charge in [-0.2, -0.15) is 0 Å². The number of Topliss-reactive ketones (excluding diaryl/α,β-unsaturated/α-hetero) is 1. The molecule has 0 aliphatic rings. The summed E-state index contributed by atoms with van der Waals surface area (Å²) in [4.78, 5) is 20.5. The Kier molecular flexibility index (Phi) is 3.72. The van der Waals surface area contributed by atoms with Crippen LogP contribution in [-0.4, -0.2) is 29.5 Å². The van der Waals surface area contributed by atoms with Crippen LogP contribution in [0.4, 0.5) is 13.2 Å². The lowest BCUT2D eigenvalue weighted by Gasteiger charge is -2.12. The van der Waals surface area contributed by atoms with E-state index in [1.54, 1.807) is 0 Å². The third-order valence-corrected chi connectivity index (χ3v) is 1.26. The van der Waals surface area contributed by atoms with Gasteiger partial charge in [0.1, 0.15) is 5.78 Å². The standard InChI is InChI=1S/C6H7F3O3/c1-2(10)3(6(11)12)4(7)5(8)9/h3-5H,1H3,(H,11,12). The fourth-order valence-electron chi connectivity index (χ4n) is 0.680. The monoisotopic (exact) mass is 184 g/mol. The molecule has 12 heavy (non-hydrogen) atoms. The zero-order valence-electron chi connectivity index (χ0n) is 6.13. The second kappa shape index (κ2) is 4.08. The van der Waals surface area contributed by atoms with Gasteiger partial charge in [0.05, 0.1) is 0 Å². The maximum absolute atomic E-state index is 12.3. The first kappa shape index (κ1) is 10.9. The van der Waals surface area contributed by atoms with Crippen LogP contribution >= 0.6 is 0 Å². The van der Waals surface area contributed by atoms with E-state index in [4.69, 9.17) is 5.11 Å². The zero-order valence-corrected chi connectivity index (χ0v) is 6.13. The molecular weight excluding hydrogens is 177 g/mol. The number of aliphatic carboxylic acids is 1.